The molecule has 0 saturated heterocycles. The van der Waals surface area contributed by atoms with Crippen LogP contribution in [0, 0.1) is 0 Å². The Morgan fingerprint density at radius 1 is 1.35 bits per heavy atom. The number of halogens is 1. The lowest BCUT2D eigenvalue weighted by molar-refractivity contribution is 0.0697. The van der Waals surface area contributed by atoms with Crippen LogP contribution < -0.4 is 0 Å². The summed E-state index contributed by atoms with van der Waals surface area (Å²) in [6.45, 7) is -0.512. The zero-order chi connectivity index (χ0) is 12.3. The Balaban J connectivity index is 2.48. The second kappa shape index (κ2) is 4.78. The van der Waals surface area contributed by atoms with Gasteiger partial charge in [0.1, 0.15) is 17.9 Å². The fourth-order valence-corrected chi connectivity index (χ4v) is 1.59. The van der Waals surface area contributed by atoms with E-state index in [1.54, 1.807) is 24.3 Å². The molecule has 2 aromatic rings. The standard InChI is InChI=1S/C12H11FN2O2/c13-6-7-15-8-10(12(16)17)11(14-15)9-4-2-1-3-5-9/h1-5,8H,6-7H2,(H,16,17). The number of hydrogen-bond donors (Lipinski definition) is 1. The predicted octanol–water partition coefficient (Wildman–Crippen LogP) is 2.22. The van der Waals surface area contributed by atoms with E-state index in [0.717, 1.165) is 0 Å². The zero-order valence-electron chi connectivity index (χ0n) is 9.01. The molecular formula is C12H11FN2O2. The highest BCUT2D eigenvalue weighted by Gasteiger charge is 2.16. The van der Waals surface area contributed by atoms with Crippen LogP contribution in [0.15, 0.2) is 36.5 Å². The number of aromatic nitrogens is 2. The first-order valence-corrected chi connectivity index (χ1v) is 5.14. The normalized spacial score (nSPS) is 10.4. The Morgan fingerprint density at radius 3 is 2.65 bits per heavy atom. The monoisotopic (exact) mass is 234 g/mol. The molecule has 0 spiro atoms. The van der Waals surface area contributed by atoms with Crippen molar-refractivity contribution in [3.8, 4) is 11.3 Å². The fourth-order valence-electron chi connectivity index (χ4n) is 1.59. The van der Waals surface area contributed by atoms with Crippen LogP contribution in [0.2, 0.25) is 0 Å². The van der Waals surface area contributed by atoms with Crippen molar-refractivity contribution in [1.29, 1.82) is 0 Å². The third kappa shape index (κ3) is 2.33. The van der Waals surface area contributed by atoms with E-state index in [4.69, 9.17) is 5.11 Å². The van der Waals surface area contributed by atoms with E-state index in [-0.39, 0.29) is 12.1 Å². The van der Waals surface area contributed by atoms with E-state index >= 15 is 0 Å². The summed E-state index contributed by atoms with van der Waals surface area (Å²) in [5, 5.41) is 13.1. The number of carboxylic acids is 1. The maximum Gasteiger partial charge on any atom is 0.339 e. The summed E-state index contributed by atoms with van der Waals surface area (Å²) in [7, 11) is 0. The van der Waals surface area contributed by atoms with Gasteiger partial charge in [-0.05, 0) is 0 Å². The molecule has 1 aromatic carbocycles. The number of alkyl halides is 1. The van der Waals surface area contributed by atoms with Crippen molar-refractivity contribution in [3.05, 3.63) is 42.1 Å². The van der Waals surface area contributed by atoms with Gasteiger partial charge in [0.25, 0.3) is 0 Å². The molecule has 4 nitrogen and oxygen atoms in total. The number of benzene rings is 1. The average molecular weight is 234 g/mol. The maximum absolute atomic E-state index is 12.2. The van der Waals surface area contributed by atoms with Crippen LogP contribution in [-0.2, 0) is 6.54 Å². The Kier molecular flexibility index (Phi) is 3.18. The van der Waals surface area contributed by atoms with Gasteiger partial charge in [-0.2, -0.15) is 5.10 Å². The summed E-state index contributed by atoms with van der Waals surface area (Å²) in [4.78, 5) is 11.1. The van der Waals surface area contributed by atoms with Crippen molar-refractivity contribution in [2.24, 2.45) is 0 Å². The van der Waals surface area contributed by atoms with Crippen LogP contribution >= 0.6 is 0 Å². The van der Waals surface area contributed by atoms with Gasteiger partial charge in [-0.3, -0.25) is 4.68 Å². The Labute approximate surface area is 97.3 Å². The van der Waals surface area contributed by atoms with Gasteiger partial charge in [-0.25, -0.2) is 9.18 Å². The molecule has 0 fully saturated rings. The summed E-state index contributed by atoms with van der Waals surface area (Å²) in [5.41, 5.74) is 1.17. The molecule has 5 heteroatoms. The van der Waals surface area contributed by atoms with Crippen LogP contribution in [0.25, 0.3) is 11.3 Å². The molecule has 0 amide bonds. The molecule has 88 valence electrons. The van der Waals surface area contributed by atoms with Gasteiger partial charge in [0.05, 0.1) is 6.54 Å². The average Bonchev–Trinajstić information content (AvgIpc) is 2.75. The first-order valence-electron chi connectivity index (χ1n) is 5.14. The number of carboxylic acid groups (broad SMARTS) is 1. The molecule has 0 aliphatic heterocycles. The van der Waals surface area contributed by atoms with Crippen molar-refractivity contribution < 1.29 is 14.3 Å². The molecule has 2 rings (SSSR count). The van der Waals surface area contributed by atoms with E-state index in [1.165, 1.54) is 10.9 Å². The van der Waals surface area contributed by atoms with Crippen LogP contribution in [0.1, 0.15) is 10.4 Å². The minimum Gasteiger partial charge on any atom is -0.478 e. The highest BCUT2D eigenvalue weighted by atomic mass is 19.1. The lowest BCUT2D eigenvalue weighted by Crippen LogP contribution is -1.99. The summed E-state index contributed by atoms with van der Waals surface area (Å²) < 4.78 is 13.5. The van der Waals surface area contributed by atoms with E-state index in [9.17, 15) is 9.18 Å². The van der Waals surface area contributed by atoms with Crippen molar-refractivity contribution >= 4 is 5.97 Å². The predicted molar refractivity (Wildman–Crippen MR) is 60.6 cm³/mol. The van der Waals surface area contributed by atoms with E-state index < -0.39 is 12.6 Å². The Hall–Kier alpha value is -2.17. The first-order chi connectivity index (χ1) is 8.22. The Morgan fingerprint density at radius 2 is 2.06 bits per heavy atom. The Bertz CT molecular complexity index is 523. The molecule has 1 N–H and O–H groups in total. The lowest BCUT2D eigenvalue weighted by Gasteiger charge is -1.97. The highest BCUT2D eigenvalue weighted by Crippen LogP contribution is 2.21. The molecule has 0 aliphatic rings. The highest BCUT2D eigenvalue weighted by molar-refractivity contribution is 5.94. The van der Waals surface area contributed by atoms with E-state index in [0.29, 0.717) is 11.3 Å². The van der Waals surface area contributed by atoms with Gasteiger partial charge < -0.3 is 5.11 Å². The van der Waals surface area contributed by atoms with Crippen LogP contribution in [0.5, 0.6) is 0 Å². The third-order valence-electron chi connectivity index (χ3n) is 2.35. The van der Waals surface area contributed by atoms with Crippen LogP contribution in [0.3, 0.4) is 0 Å². The number of hydrogen-bond acceptors (Lipinski definition) is 2. The second-order valence-corrected chi connectivity index (χ2v) is 3.51. The molecule has 17 heavy (non-hydrogen) atoms. The van der Waals surface area contributed by atoms with Crippen LogP contribution in [0.4, 0.5) is 4.39 Å². The summed E-state index contributed by atoms with van der Waals surface area (Å²) in [6.07, 6.45) is 1.35. The molecule has 1 aromatic heterocycles. The molecule has 0 atom stereocenters. The van der Waals surface area contributed by atoms with Gasteiger partial charge in [0.15, 0.2) is 0 Å². The van der Waals surface area contributed by atoms with Crippen LogP contribution in [-0.4, -0.2) is 27.5 Å². The van der Waals surface area contributed by atoms with Gasteiger partial charge in [-0.1, -0.05) is 30.3 Å². The van der Waals surface area contributed by atoms with Crippen molar-refractivity contribution in [2.45, 2.75) is 6.54 Å². The zero-order valence-corrected chi connectivity index (χ0v) is 9.01. The second-order valence-electron chi connectivity index (χ2n) is 3.51. The molecule has 0 radical (unpaired) electrons. The molecule has 0 unspecified atom stereocenters. The summed E-state index contributed by atoms with van der Waals surface area (Å²) >= 11 is 0. The van der Waals surface area contributed by atoms with Gasteiger partial charge in [0.2, 0.25) is 0 Å². The number of rotatable bonds is 4. The number of aryl methyl sites for hydroxylation is 1. The summed E-state index contributed by atoms with van der Waals surface area (Å²) in [6, 6.07) is 8.98. The number of carbonyl (C=O) groups is 1. The molecule has 1 heterocycles. The number of aromatic carboxylic acids is 1. The smallest absolute Gasteiger partial charge is 0.339 e. The van der Waals surface area contributed by atoms with E-state index in [2.05, 4.69) is 5.10 Å². The third-order valence-corrected chi connectivity index (χ3v) is 2.35. The lowest BCUT2D eigenvalue weighted by atomic mass is 10.1. The largest absolute Gasteiger partial charge is 0.478 e. The minimum absolute atomic E-state index is 0.0626. The van der Waals surface area contributed by atoms with Crippen molar-refractivity contribution in [1.82, 2.24) is 9.78 Å². The maximum atomic E-state index is 12.2. The van der Waals surface area contributed by atoms with Crippen molar-refractivity contribution in [2.75, 3.05) is 6.67 Å². The minimum atomic E-state index is -1.06. The van der Waals surface area contributed by atoms with Gasteiger partial charge in [0, 0.05) is 11.8 Å². The van der Waals surface area contributed by atoms with Crippen molar-refractivity contribution in [3.63, 3.8) is 0 Å². The van der Waals surface area contributed by atoms with Gasteiger partial charge in [-0.15, -0.1) is 0 Å². The first kappa shape index (κ1) is 11.3. The molecule has 0 aliphatic carbocycles. The SMILES string of the molecule is O=C(O)c1cn(CCF)nc1-c1ccccc1. The molecular weight excluding hydrogens is 223 g/mol. The van der Waals surface area contributed by atoms with E-state index in [1.807, 2.05) is 6.07 Å². The fraction of sp³-hybridized carbons (Fsp3) is 0.167. The quantitative estimate of drug-likeness (QED) is 0.882. The molecule has 0 saturated carbocycles. The topological polar surface area (TPSA) is 55.1 Å². The van der Waals surface area contributed by atoms with Gasteiger partial charge >= 0.3 is 5.97 Å². The summed E-state index contributed by atoms with van der Waals surface area (Å²) in [5.74, 6) is -1.06. The molecule has 0 bridgehead atoms. The number of nitrogens with zero attached hydrogens (tertiary/aromatic N) is 2.